The van der Waals surface area contributed by atoms with Gasteiger partial charge in [-0.25, -0.2) is 0 Å². The first-order valence-corrected chi connectivity index (χ1v) is 5.54. The van der Waals surface area contributed by atoms with Crippen LogP contribution in [0, 0.1) is 0 Å². The van der Waals surface area contributed by atoms with E-state index in [2.05, 4.69) is 15.0 Å². The van der Waals surface area contributed by atoms with Crippen LogP contribution < -0.4 is 0 Å². The maximum absolute atomic E-state index is 11.5. The summed E-state index contributed by atoms with van der Waals surface area (Å²) < 4.78 is 5.08. The Labute approximate surface area is 95.8 Å². The monoisotopic (exact) mass is 225 g/mol. The fourth-order valence-electron chi connectivity index (χ4n) is 1.31. The molecule has 5 nitrogen and oxygen atoms in total. The van der Waals surface area contributed by atoms with Crippen LogP contribution >= 0.6 is 0 Å². The van der Waals surface area contributed by atoms with Gasteiger partial charge in [0.15, 0.2) is 5.82 Å². The molecule has 1 aromatic heterocycles. The third-order valence-electron chi connectivity index (χ3n) is 2.47. The number of ketones is 1. The predicted octanol–water partition coefficient (Wildman–Crippen LogP) is 1.26. The fraction of sp³-hybridized carbons (Fsp3) is 0.727. The van der Waals surface area contributed by atoms with Gasteiger partial charge in [-0.15, -0.1) is 0 Å². The Bertz CT molecular complexity index is 347. The van der Waals surface area contributed by atoms with Gasteiger partial charge in [-0.3, -0.25) is 4.79 Å². The fourth-order valence-corrected chi connectivity index (χ4v) is 1.31. The van der Waals surface area contributed by atoms with E-state index in [1.807, 2.05) is 21.0 Å². The highest BCUT2D eigenvalue weighted by Crippen LogP contribution is 2.15. The van der Waals surface area contributed by atoms with Gasteiger partial charge in [0.05, 0.1) is 5.92 Å². The van der Waals surface area contributed by atoms with E-state index in [0.29, 0.717) is 18.1 Å². The van der Waals surface area contributed by atoms with Crippen molar-refractivity contribution in [2.45, 2.75) is 32.6 Å². The molecule has 0 saturated heterocycles. The average molecular weight is 225 g/mol. The lowest BCUT2D eigenvalue weighted by atomic mass is 10.1. The van der Waals surface area contributed by atoms with E-state index >= 15 is 0 Å². The quantitative estimate of drug-likeness (QED) is 0.729. The van der Waals surface area contributed by atoms with Crippen molar-refractivity contribution in [2.75, 3.05) is 20.6 Å². The summed E-state index contributed by atoms with van der Waals surface area (Å²) in [5.74, 6) is 0.938. The van der Waals surface area contributed by atoms with Crippen LogP contribution in [-0.4, -0.2) is 41.5 Å². The third-order valence-corrected chi connectivity index (χ3v) is 2.47. The highest BCUT2D eigenvalue weighted by molar-refractivity contribution is 5.83. The van der Waals surface area contributed by atoms with Crippen LogP contribution in [0.2, 0.25) is 0 Å². The standard InChI is InChI=1S/C11H19N3O2/c1-5-9(15)8(2)11-12-10(13-16-11)6-7-14(3)4/h8H,5-7H2,1-4H3. The molecule has 16 heavy (non-hydrogen) atoms. The smallest absolute Gasteiger partial charge is 0.236 e. The van der Waals surface area contributed by atoms with Crippen LogP contribution in [0.4, 0.5) is 0 Å². The van der Waals surface area contributed by atoms with Gasteiger partial charge < -0.3 is 9.42 Å². The number of Topliss-reactive ketones (excluding diaryl/α,β-unsaturated/α-hetero) is 1. The van der Waals surface area contributed by atoms with E-state index in [9.17, 15) is 4.79 Å². The van der Waals surface area contributed by atoms with Gasteiger partial charge in [-0.05, 0) is 21.0 Å². The van der Waals surface area contributed by atoms with Crippen LogP contribution in [0.1, 0.15) is 37.9 Å². The van der Waals surface area contributed by atoms with Crippen LogP contribution in [0.25, 0.3) is 0 Å². The second-order valence-corrected chi connectivity index (χ2v) is 4.14. The summed E-state index contributed by atoms with van der Waals surface area (Å²) in [5.41, 5.74) is 0. The Morgan fingerprint density at radius 2 is 2.19 bits per heavy atom. The second-order valence-electron chi connectivity index (χ2n) is 4.14. The van der Waals surface area contributed by atoms with Gasteiger partial charge in [-0.2, -0.15) is 4.98 Å². The number of carbonyl (C=O) groups is 1. The van der Waals surface area contributed by atoms with Crippen LogP contribution in [0.15, 0.2) is 4.52 Å². The van der Waals surface area contributed by atoms with Crippen molar-refractivity contribution in [3.8, 4) is 0 Å². The number of carbonyl (C=O) groups excluding carboxylic acids is 1. The minimum absolute atomic E-state index is 0.128. The lowest BCUT2D eigenvalue weighted by molar-refractivity contribution is -0.120. The molecule has 0 fully saturated rings. The van der Waals surface area contributed by atoms with Gasteiger partial charge in [0.2, 0.25) is 5.89 Å². The van der Waals surface area contributed by atoms with Crippen molar-refractivity contribution in [1.29, 1.82) is 0 Å². The van der Waals surface area contributed by atoms with Crippen molar-refractivity contribution in [1.82, 2.24) is 15.0 Å². The Morgan fingerprint density at radius 1 is 1.50 bits per heavy atom. The van der Waals surface area contributed by atoms with E-state index in [1.54, 1.807) is 6.92 Å². The van der Waals surface area contributed by atoms with E-state index in [1.165, 1.54) is 0 Å². The third kappa shape index (κ3) is 3.41. The summed E-state index contributed by atoms with van der Waals surface area (Å²) in [5, 5.41) is 3.86. The SMILES string of the molecule is CCC(=O)C(C)c1nc(CCN(C)C)no1. The largest absolute Gasteiger partial charge is 0.339 e. The van der Waals surface area contributed by atoms with E-state index < -0.39 is 0 Å². The van der Waals surface area contributed by atoms with E-state index in [-0.39, 0.29) is 11.7 Å². The molecule has 0 aliphatic rings. The zero-order valence-corrected chi connectivity index (χ0v) is 10.4. The molecule has 1 atom stereocenters. The minimum Gasteiger partial charge on any atom is -0.339 e. The molecule has 0 aliphatic carbocycles. The predicted molar refractivity (Wildman–Crippen MR) is 60.3 cm³/mol. The molecule has 0 amide bonds. The summed E-state index contributed by atoms with van der Waals surface area (Å²) in [6.07, 6.45) is 1.24. The normalized spacial score (nSPS) is 13.1. The first-order chi connectivity index (χ1) is 7.54. The Kier molecular flexibility index (Phi) is 4.61. The molecule has 0 spiro atoms. The van der Waals surface area contributed by atoms with E-state index in [4.69, 9.17) is 4.52 Å². The highest BCUT2D eigenvalue weighted by Gasteiger charge is 2.19. The van der Waals surface area contributed by atoms with Crippen molar-refractivity contribution in [3.05, 3.63) is 11.7 Å². The lowest BCUT2D eigenvalue weighted by Gasteiger charge is -2.05. The van der Waals surface area contributed by atoms with Crippen LogP contribution in [0.5, 0.6) is 0 Å². The molecule has 90 valence electrons. The molecule has 0 N–H and O–H groups in total. The highest BCUT2D eigenvalue weighted by atomic mass is 16.5. The molecule has 1 rings (SSSR count). The maximum Gasteiger partial charge on any atom is 0.236 e. The second kappa shape index (κ2) is 5.75. The zero-order chi connectivity index (χ0) is 12.1. The van der Waals surface area contributed by atoms with Gasteiger partial charge in [-0.1, -0.05) is 12.1 Å². The van der Waals surface area contributed by atoms with Crippen molar-refractivity contribution >= 4 is 5.78 Å². The first-order valence-electron chi connectivity index (χ1n) is 5.54. The number of nitrogens with zero attached hydrogens (tertiary/aromatic N) is 3. The molecular weight excluding hydrogens is 206 g/mol. The molecule has 0 aromatic carbocycles. The first kappa shape index (κ1) is 12.8. The van der Waals surface area contributed by atoms with Gasteiger partial charge in [0, 0.05) is 19.4 Å². The Morgan fingerprint density at radius 3 is 2.75 bits per heavy atom. The molecule has 0 saturated carbocycles. The molecule has 0 radical (unpaired) electrons. The summed E-state index contributed by atoms with van der Waals surface area (Å²) in [7, 11) is 3.98. The molecule has 1 unspecified atom stereocenters. The van der Waals surface area contributed by atoms with Crippen molar-refractivity contribution in [3.63, 3.8) is 0 Å². The lowest BCUT2D eigenvalue weighted by Crippen LogP contribution is -2.15. The summed E-state index contributed by atoms with van der Waals surface area (Å²) in [4.78, 5) is 17.7. The maximum atomic E-state index is 11.5. The molecule has 1 aromatic rings. The topological polar surface area (TPSA) is 59.2 Å². The van der Waals surface area contributed by atoms with Crippen LogP contribution in [-0.2, 0) is 11.2 Å². The molecular formula is C11H19N3O2. The zero-order valence-electron chi connectivity index (χ0n) is 10.4. The molecule has 0 bridgehead atoms. The van der Waals surface area contributed by atoms with Gasteiger partial charge >= 0.3 is 0 Å². The summed E-state index contributed by atoms with van der Waals surface area (Å²) >= 11 is 0. The summed E-state index contributed by atoms with van der Waals surface area (Å²) in [6.45, 7) is 4.51. The van der Waals surface area contributed by atoms with Gasteiger partial charge in [0.25, 0.3) is 0 Å². The Balaban J connectivity index is 2.60. The molecule has 0 aliphatic heterocycles. The number of rotatable bonds is 6. The van der Waals surface area contributed by atoms with Crippen molar-refractivity contribution < 1.29 is 9.32 Å². The number of hydrogen-bond acceptors (Lipinski definition) is 5. The Hall–Kier alpha value is -1.23. The minimum atomic E-state index is -0.286. The van der Waals surface area contributed by atoms with E-state index in [0.717, 1.165) is 13.0 Å². The average Bonchev–Trinajstić information content (AvgIpc) is 2.72. The number of likely N-dealkylation sites (N-methyl/N-ethyl adjacent to an activating group) is 1. The molecule has 5 heteroatoms. The van der Waals surface area contributed by atoms with Gasteiger partial charge in [0.1, 0.15) is 5.78 Å². The van der Waals surface area contributed by atoms with Crippen LogP contribution in [0.3, 0.4) is 0 Å². The summed E-state index contributed by atoms with van der Waals surface area (Å²) in [6, 6.07) is 0. The number of aromatic nitrogens is 2. The molecule has 1 heterocycles. The number of hydrogen-bond donors (Lipinski definition) is 0. The van der Waals surface area contributed by atoms with Crippen molar-refractivity contribution in [2.24, 2.45) is 0 Å².